The zero-order valence-corrected chi connectivity index (χ0v) is 22.1. The number of rotatable bonds is 6. The van der Waals surface area contributed by atoms with Gasteiger partial charge >= 0.3 is 0 Å². The van der Waals surface area contributed by atoms with Gasteiger partial charge in [-0.1, -0.05) is 90.5 Å². The van der Waals surface area contributed by atoms with Gasteiger partial charge in [0.05, 0.1) is 10.6 Å². The molecular weight excluding hydrogens is 509 g/mol. The van der Waals surface area contributed by atoms with Crippen molar-refractivity contribution in [1.82, 2.24) is 10.2 Å². The maximum absolute atomic E-state index is 14.4. The maximum Gasteiger partial charge on any atom is 0.269 e. The summed E-state index contributed by atoms with van der Waals surface area (Å²) in [4.78, 5) is 0.173. The SMILES string of the molecule is Cc1ccc(S(=O)(=O)N(c2ccccc2)c2n[nH]c3c2C=CC(c2ccccc2)(c2cccc(F)c2)C3)cc1. The zero-order chi connectivity index (χ0) is 27.0. The highest BCUT2D eigenvalue weighted by atomic mass is 32.2. The third kappa shape index (κ3) is 4.34. The molecular formula is C32H26FN3O2S. The van der Waals surface area contributed by atoms with Gasteiger partial charge in [0.2, 0.25) is 0 Å². The molecule has 0 aliphatic heterocycles. The van der Waals surface area contributed by atoms with Gasteiger partial charge in [-0.05, 0) is 54.4 Å². The van der Waals surface area contributed by atoms with Crippen molar-refractivity contribution >= 4 is 27.6 Å². The first kappa shape index (κ1) is 24.8. The Labute approximate surface area is 227 Å². The molecule has 0 radical (unpaired) electrons. The Morgan fingerprint density at radius 3 is 2.21 bits per heavy atom. The lowest BCUT2D eigenvalue weighted by atomic mass is 9.68. The third-order valence-electron chi connectivity index (χ3n) is 7.22. The molecule has 5 nitrogen and oxygen atoms in total. The predicted octanol–water partition coefficient (Wildman–Crippen LogP) is 6.94. The first-order valence-electron chi connectivity index (χ1n) is 12.6. The van der Waals surface area contributed by atoms with Gasteiger partial charge in [-0.25, -0.2) is 17.1 Å². The molecule has 7 heteroatoms. The fourth-order valence-corrected chi connectivity index (χ4v) is 6.68. The summed E-state index contributed by atoms with van der Waals surface area (Å²) < 4.78 is 43.8. The molecule has 1 N–H and O–H groups in total. The highest BCUT2D eigenvalue weighted by Crippen LogP contribution is 2.44. The van der Waals surface area contributed by atoms with E-state index in [0.717, 1.165) is 22.4 Å². The van der Waals surface area contributed by atoms with Gasteiger partial charge in [0.1, 0.15) is 5.82 Å². The van der Waals surface area contributed by atoms with E-state index >= 15 is 0 Å². The predicted molar refractivity (Wildman–Crippen MR) is 152 cm³/mol. The molecule has 4 aromatic carbocycles. The third-order valence-corrected chi connectivity index (χ3v) is 8.96. The van der Waals surface area contributed by atoms with Crippen LogP contribution in [0.1, 0.15) is 27.9 Å². The second-order valence-electron chi connectivity index (χ2n) is 9.72. The summed E-state index contributed by atoms with van der Waals surface area (Å²) in [7, 11) is -4.00. The maximum atomic E-state index is 14.4. The monoisotopic (exact) mass is 535 g/mol. The van der Waals surface area contributed by atoms with Gasteiger partial charge < -0.3 is 0 Å². The molecule has 1 aliphatic rings. The van der Waals surface area contributed by atoms with Crippen LogP contribution in [0.4, 0.5) is 15.9 Å². The van der Waals surface area contributed by atoms with Crippen LogP contribution >= 0.6 is 0 Å². The number of aryl methyl sites for hydroxylation is 1. The van der Waals surface area contributed by atoms with Gasteiger partial charge in [-0.15, -0.1) is 0 Å². The van der Waals surface area contributed by atoms with E-state index in [1.165, 1.54) is 10.4 Å². The number of sulfonamides is 1. The van der Waals surface area contributed by atoms with Crippen molar-refractivity contribution in [3.8, 4) is 0 Å². The normalized spacial score (nSPS) is 16.6. The smallest absolute Gasteiger partial charge is 0.269 e. The average Bonchev–Trinajstić information content (AvgIpc) is 3.36. The molecule has 0 bridgehead atoms. The lowest BCUT2D eigenvalue weighted by molar-refractivity contribution is 0.594. The number of hydrogen-bond acceptors (Lipinski definition) is 3. The van der Waals surface area contributed by atoms with Crippen LogP contribution in [0.15, 0.2) is 120 Å². The molecule has 0 amide bonds. The Balaban J connectivity index is 1.51. The van der Waals surface area contributed by atoms with Gasteiger partial charge in [-0.2, -0.15) is 5.10 Å². The van der Waals surface area contributed by atoms with Gasteiger partial charge in [0, 0.05) is 23.1 Å². The van der Waals surface area contributed by atoms with Crippen molar-refractivity contribution in [3.05, 3.63) is 149 Å². The number of nitrogens with zero attached hydrogens (tertiary/aromatic N) is 2. The van der Waals surface area contributed by atoms with Crippen molar-refractivity contribution in [2.24, 2.45) is 0 Å². The number of benzene rings is 4. The Bertz CT molecular complexity index is 1770. The molecule has 39 heavy (non-hydrogen) atoms. The summed E-state index contributed by atoms with van der Waals surface area (Å²) in [6.45, 7) is 1.91. The molecule has 6 rings (SSSR count). The molecule has 1 aliphatic carbocycles. The fraction of sp³-hybridized carbons (Fsp3) is 0.0938. The lowest BCUT2D eigenvalue weighted by Gasteiger charge is -2.34. The molecule has 1 heterocycles. The molecule has 0 saturated heterocycles. The van der Waals surface area contributed by atoms with Crippen molar-refractivity contribution in [2.45, 2.75) is 23.7 Å². The number of allylic oxidation sites excluding steroid dienone is 1. The molecule has 1 unspecified atom stereocenters. The van der Waals surface area contributed by atoms with Crippen LogP contribution in [-0.2, 0) is 21.9 Å². The first-order valence-corrected chi connectivity index (χ1v) is 14.1. The van der Waals surface area contributed by atoms with E-state index in [1.54, 1.807) is 60.7 Å². The fourth-order valence-electron chi connectivity index (χ4n) is 5.22. The number of hydrogen-bond donors (Lipinski definition) is 1. The Kier molecular flexibility index (Phi) is 6.16. The van der Waals surface area contributed by atoms with Crippen LogP contribution < -0.4 is 4.31 Å². The van der Waals surface area contributed by atoms with Crippen LogP contribution in [0.25, 0.3) is 6.08 Å². The second kappa shape index (κ2) is 9.67. The largest absolute Gasteiger partial charge is 0.280 e. The topological polar surface area (TPSA) is 66.1 Å². The van der Waals surface area contributed by atoms with Crippen molar-refractivity contribution < 1.29 is 12.8 Å². The highest BCUT2D eigenvalue weighted by Gasteiger charge is 2.39. The summed E-state index contributed by atoms with van der Waals surface area (Å²) >= 11 is 0. The van der Waals surface area contributed by atoms with E-state index < -0.39 is 15.4 Å². The number of aromatic nitrogens is 2. The number of aromatic amines is 1. The van der Waals surface area contributed by atoms with E-state index in [1.807, 2.05) is 61.5 Å². The minimum Gasteiger partial charge on any atom is -0.280 e. The first-order chi connectivity index (χ1) is 18.9. The number of H-pyrrole nitrogens is 1. The number of halogens is 1. The number of nitrogens with one attached hydrogen (secondary N) is 1. The zero-order valence-electron chi connectivity index (χ0n) is 21.3. The molecule has 1 atom stereocenters. The van der Waals surface area contributed by atoms with Gasteiger partial charge in [0.15, 0.2) is 5.82 Å². The summed E-state index contributed by atoms with van der Waals surface area (Å²) in [5.74, 6) is -0.0272. The minimum absolute atomic E-state index is 0.173. The van der Waals surface area contributed by atoms with E-state index in [0.29, 0.717) is 17.7 Å². The summed E-state index contributed by atoms with van der Waals surface area (Å²) in [5, 5.41) is 7.67. The molecule has 0 fully saturated rings. The van der Waals surface area contributed by atoms with Crippen LogP contribution in [0.2, 0.25) is 0 Å². The van der Waals surface area contributed by atoms with E-state index in [9.17, 15) is 12.8 Å². The average molecular weight is 536 g/mol. The minimum atomic E-state index is -4.00. The van der Waals surface area contributed by atoms with Crippen molar-refractivity contribution in [2.75, 3.05) is 4.31 Å². The van der Waals surface area contributed by atoms with Gasteiger partial charge in [-0.3, -0.25) is 5.10 Å². The molecule has 0 saturated carbocycles. The molecule has 194 valence electrons. The second-order valence-corrected chi connectivity index (χ2v) is 11.5. The Hall–Kier alpha value is -4.49. The number of fused-ring (bicyclic) bond motifs is 1. The summed E-state index contributed by atoms with van der Waals surface area (Å²) in [5.41, 5.74) is 4.03. The van der Waals surface area contributed by atoms with Crippen LogP contribution in [0.3, 0.4) is 0 Å². The quantitative estimate of drug-likeness (QED) is 0.256. The molecule has 5 aromatic rings. The standard InChI is InChI=1S/C32H26FN3O2S/c1-23-15-17-28(18-16-23)39(37,38)36(27-13-6-3-7-14-27)31-29-19-20-32(22-30(29)34-35-31,24-9-4-2-5-10-24)25-11-8-12-26(33)21-25/h2-21H,22H2,1H3,(H,34,35). The van der Waals surface area contributed by atoms with Crippen molar-refractivity contribution in [1.29, 1.82) is 0 Å². The van der Waals surface area contributed by atoms with E-state index in [2.05, 4.69) is 10.2 Å². The van der Waals surface area contributed by atoms with Crippen LogP contribution in [0.5, 0.6) is 0 Å². The van der Waals surface area contributed by atoms with Crippen molar-refractivity contribution in [3.63, 3.8) is 0 Å². The summed E-state index contributed by atoms with van der Waals surface area (Å²) in [6, 6.07) is 32.3. The van der Waals surface area contributed by atoms with E-state index in [-0.39, 0.29) is 16.5 Å². The van der Waals surface area contributed by atoms with E-state index in [4.69, 9.17) is 0 Å². The molecule has 0 spiro atoms. The molecule has 1 aromatic heterocycles. The van der Waals surface area contributed by atoms with Crippen LogP contribution in [-0.4, -0.2) is 18.6 Å². The Morgan fingerprint density at radius 1 is 0.846 bits per heavy atom. The van der Waals surface area contributed by atoms with Gasteiger partial charge in [0.25, 0.3) is 10.0 Å². The number of anilines is 2. The summed E-state index contributed by atoms with van der Waals surface area (Å²) in [6.07, 6.45) is 4.38. The number of para-hydroxylation sites is 1. The highest BCUT2D eigenvalue weighted by molar-refractivity contribution is 7.93. The Morgan fingerprint density at radius 2 is 1.51 bits per heavy atom. The lowest BCUT2D eigenvalue weighted by Crippen LogP contribution is -2.31. The van der Waals surface area contributed by atoms with Crippen LogP contribution in [0, 0.1) is 12.7 Å².